The van der Waals surface area contributed by atoms with E-state index in [2.05, 4.69) is 4.74 Å². The number of hydrogen-bond donors (Lipinski definition) is 1. The molecule has 0 aliphatic heterocycles. The molecule has 1 N–H and O–H groups in total. The van der Waals surface area contributed by atoms with E-state index in [1.165, 1.54) is 7.11 Å². The first-order valence-electron chi connectivity index (χ1n) is 4.48. The molecular formula is C9H14O3. The summed E-state index contributed by atoms with van der Waals surface area (Å²) in [6.45, 7) is 0. The van der Waals surface area contributed by atoms with Crippen LogP contribution >= 0.6 is 0 Å². The predicted molar refractivity (Wildman–Crippen MR) is 42.3 cm³/mol. The van der Waals surface area contributed by atoms with Crippen molar-refractivity contribution in [2.75, 3.05) is 7.11 Å². The summed E-state index contributed by atoms with van der Waals surface area (Å²) in [6, 6.07) is 0. The average molecular weight is 170 g/mol. The Bertz CT molecular complexity index is 202. The fourth-order valence-electron chi connectivity index (χ4n) is 2.74. The molecule has 0 unspecified atom stereocenters. The Morgan fingerprint density at radius 3 is 2.67 bits per heavy atom. The lowest BCUT2D eigenvalue weighted by molar-refractivity contribution is -0.149. The maximum atomic E-state index is 11.2. The Hall–Kier alpha value is -0.570. The normalized spacial score (nSPS) is 44.8. The Balaban J connectivity index is 2.07. The first-order valence-corrected chi connectivity index (χ1v) is 4.48. The molecule has 2 fully saturated rings. The summed E-state index contributed by atoms with van der Waals surface area (Å²) in [4.78, 5) is 11.2. The Kier molecular flexibility index (Phi) is 1.83. The van der Waals surface area contributed by atoms with Gasteiger partial charge in [0.2, 0.25) is 0 Å². The fourth-order valence-corrected chi connectivity index (χ4v) is 2.74. The van der Waals surface area contributed by atoms with Crippen molar-refractivity contribution < 1.29 is 14.6 Å². The predicted octanol–water partition coefficient (Wildman–Crippen LogP) is 0.566. The molecule has 0 aromatic heterocycles. The Morgan fingerprint density at radius 2 is 2.17 bits per heavy atom. The topological polar surface area (TPSA) is 46.5 Å². The summed E-state index contributed by atoms with van der Waals surface area (Å²) in [5.74, 6) is 0.585. The highest BCUT2D eigenvalue weighted by molar-refractivity contribution is 5.73. The number of carbonyl (C=O) groups is 1. The third-order valence-electron chi connectivity index (χ3n) is 3.28. The Morgan fingerprint density at radius 1 is 1.42 bits per heavy atom. The summed E-state index contributed by atoms with van der Waals surface area (Å²) in [5, 5.41) is 9.53. The molecule has 0 radical (unpaired) electrons. The number of rotatable bonds is 1. The van der Waals surface area contributed by atoms with Crippen LogP contribution in [-0.4, -0.2) is 24.3 Å². The van der Waals surface area contributed by atoms with Crippen LogP contribution in [0.4, 0.5) is 0 Å². The summed E-state index contributed by atoms with van der Waals surface area (Å²) in [7, 11) is 1.42. The van der Waals surface area contributed by atoms with Gasteiger partial charge in [-0.25, -0.2) is 0 Å². The molecule has 0 saturated heterocycles. The number of carbonyl (C=O) groups excluding carboxylic acids is 1. The smallest absolute Gasteiger partial charge is 0.309 e. The number of ether oxygens (including phenoxy) is 1. The highest BCUT2D eigenvalue weighted by Crippen LogP contribution is 2.48. The van der Waals surface area contributed by atoms with Crippen molar-refractivity contribution in [2.45, 2.75) is 25.4 Å². The third-order valence-corrected chi connectivity index (χ3v) is 3.28. The second-order valence-electron chi connectivity index (χ2n) is 3.93. The minimum Gasteiger partial charge on any atom is -0.469 e. The van der Waals surface area contributed by atoms with Gasteiger partial charge in [-0.1, -0.05) is 0 Å². The quantitative estimate of drug-likeness (QED) is 0.585. The molecule has 4 atom stereocenters. The maximum Gasteiger partial charge on any atom is 0.309 e. The first-order chi connectivity index (χ1) is 5.72. The molecule has 0 heterocycles. The largest absolute Gasteiger partial charge is 0.469 e. The van der Waals surface area contributed by atoms with E-state index in [0.29, 0.717) is 5.92 Å². The lowest BCUT2D eigenvalue weighted by atomic mass is 9.87. The van der Waals surface area contributed by atoms with E-state index in [1.807, 2.05) is 0 Å². The standard InChI is InChI=1S/C9H14O3/c1-12-9(11)7-3-5-2-6(7)8(10)4-5/h5-8,10H,2-4H2,1H3/t5-,6-,7-,8-/m1/s1. The molecule has 12 heavy (non-hydrogen) atoms. The van der Waals surface area contributed by atoms with Crippen molar-refractivity contribution in [1.29, 1.82) is 0 Å². The van der Waals surface area contributed by atoms with Crippen molar-refractivity contribution in [1.82, 2.24) is 0 Å². The van der Waals surface area contributed by atoms with Gasteiger partial charge in [-0.15, -0.1) is 0 Å². The van der Waals surface area contributed by atoms with Crippen LogP contribution in [0.25, 0.3) is 0 Å². The molecule has 68 valence electrons. The zero-order chi connectivity index (χ0) is 8.72. The van der Waals surface area contributed by atoms with Gasteiger partial charge in [0.25, 0.3) is 0 Å². The number of esters is 1. The second-order valence-corrected chi connectivity index (χ2v) is 3.93. The van der Waals surface area contributed by atoms with Gasteiger partial charge in [-0.3, -0.25) is 4.79 Å². The molecule has 2 aliphatic rings. The number of aliphatic hydroxyl groups is 1. The van der Waals surface area contributed by atoms with Crippen molar-refractivity contribution in [3.63, 3.8) is 0 Å². The minimum absolute atomic E-state index is 0.0243. The van der Waals surface area contributed by atoms with E-state index in [1.54, 1.807) is 0 Å². The van der Waals surface area contributed by atoms with Gasteiger partial charge < -0.3 is 9.84 Å². The molecule has 0 spiro atoms. The van der Waals surface area contributed by atoms with E-state index < -0.39 is 0 Å². The molecular weight excluding hydrogens is 156 g/mol. The van der Waals surface area contributed by atoms with Gasteiger partial charge >= 0.3 is 5.97 Å². The maximum absolute atomic E-state index is 11.2. The molecule has 0 amide bonds. The van der Waals surface area contributed by atoms with Crippen LogP contribution in [0, 0.1) is 17.8 Å². The molecule has 0 aromatic rings. The van der Waals surface area contributed by atoms with Crippen LogP contribution in [-0.2, 0) is 9.53 Å². The Labute approximate surface area is 71.7 Å². The van der Waals surface area contributed by atoms with E-state index >= 15 is 0 Å². The van der Waals surface area contributed by atoms with Gasteiger partial charge in [0.05, 0.1) is 19.1 Å². The van der Waals surface area contributed by atoms with Crippen LogP contribution in [0.5, 0.6) is 0 Å². The van der Waals surface area contributed by atoms with Crippen LogP contribution in [0.1, 0.15) is 19.3 Å². The summed E-state index contributed by atoms with van der Waals surface area (Å²) >= 11 is 0. The minimum atomic E-state index is -0.257. The zero-order valence-electron chi connectivity index (χ0n) is 7.19. The lowest BCUT2D eigenvalue weighted by Crippen LogP contribution is -2.30. The summed E-state index contributed by atoms with van der Waals surface area (Å²) < 4.78 is 4.69. The highest BCUT2D eigenvalue weighted by Gasteiger charge is 2.48. The average Bonchev–Trinajstić information content (AvgIpc) is 2.60. The van der Waals surface area contributed by atoms with Gasteiger partial charge in [0.15, 0.2) is 0 Å². The van der Waals surface area contributed by atoms with E-state index in [-0.39, 0.29) is 23.9 Å². The third kappa shape index (κ3) is 1.04. The molecule has 2 bridgehead atoms. The van der Waals surface area contributed by atoms with Crippen molar-refractivity contribution in [3.05, 3.63) is 0 Å². The van der Waals surface area contributed by atoms with Gasteiger partial charge in [-0.05, 0) is 31.1 Å². The van der Waals surface area contributed by atoms with Crippen LogP contribution < -0.4 is 0 Å². The van der Waals surface area contributed by atoms with Gasteiger partial charge in [-0.2, -0.15) is 0 Å². The summed E-state index contributed by atoms with van der Waals surface area (Å²) in [6.07, 6.45) is 2.57. The van der Waals surface area contributed by atoms with Gasteiger partial charge in [0, 0.05) is 0 Å². The molecule has 0 aromatic carbocycles. The number of hydrogen-bond acceptors (Lipinski definition) is 3. The molecule has 3 heteroatoms. The van der Waals surface area contributed by atoms with E-state index in [0.717, 1.165) is 19.3 Å². The van der Waals surface area contributed by atoms with Crippen LogP contribution in [0.2, 0.25) is 0 Å². The highest BCUT2D eigenvalue weighted by atomic mass is 16.5. The van der Waals surface area contributed by atoms with Crippen molar-refractivity contribution in [2.24, 2.45) is 17.8 Å². The molecule has 2 rings (SSSR count). The fraction of sp³-hybridized carbons (Fsp3) is 0.889. The number of aliphatic hydroxyl groups excluding tert-OH is 1. The van der Waals surface area contributed by atoms with E-state index in [4.69, 9.17) is 0 Å². The number of fused-ring (bicyclic) bond motifs is 2. The van der Waals surface area contributed by atoms with Crippen LogP contribution in [0.3, 0.4) is 0 Å². The van der Waals surface area contributed by atoms with Crippen LogP contribution in [0.15, 0.2) is 0 Å². The number of methoxy groups -OCH3 is 1. The molecule has 3 nitrogen and oxygen atoms in total. The lowest BCUT2D eigenvalue weighted by Gasteiger charge is -2.23. The monoisotopic (exact) mass is 170 g/mol. The SMILES string of the molecule is COC(=O)[C@@H]1C[C@H]2C[C@H]1[C@H](O)C2. The van der Waals surface area contributed by atoms with Crippen molar-refractivity contribution >= 4 is 5.97 Å². The second kappa shape index (κ2) is 2.73. The van der Waals surface area contributed by atoms with Crippen molar-refractivity contribution in [3.8, 4) is 0 Å². The van der Waals surface area contributed by atoms with Gasteiger partial charge in [0.1, 0.15) is 0 Å². The zero-order valence-corrected chi connectivity index (χ0v) is 7.19. The molecule has 2 aliphatic carbocycles. The first kappa shape index (κ1) is 8.05. The summed E-state index contributed by atoms with van der Waals surface area (Å²) in [5.41, 5.74) is 0. The molecule has 2 saturated carbocycles. The van der Waals surface area contributed by atoms with E-state index in [9.17, 15) is 9.90 Å².